The quantitative estimate of drug-likeness (QED) is 0.337. The molecule has 11 heteroatoms. The highest BCUT2D eigenvalue weighted by molar-refractivity contribution is 7.99. The van der Waals surface area contributed by atoms with E-state index in [9.17, 15) is 9.59 Å². The lowest BCUT2D eigenvalue weighted by atomic mass is 10.1. The van der Waals surface area contributed by atoms with E-state index in [1.807, 2.05) is 42.1 Å². The molecular weight excluding hydrogens is 490 g/mol. The fourth-order valence-corrected chi connectivity index (χ4v) is 5.33. The van der Waals surface area contributed by atoms with Crippen molar-refractivity contribution in [3.8, 4) is 0 Å². The van der Waals surface area contributed by atoms with Crippen LogP contribution < -0.4 is 15.1 Å². The van der Waals surface area contributed by atoms with Crippen molar-refractivity contribution >= 4 is 46.1 Å². The predicted octanol–water partition coefficient (Wildman–Crippen LogP) is 2.64. The van der Waals surface area contributed by atoms with E-state index in [1.54, 1.807) is 16.7 Å². The van der Waals surface area contributed by atoms with E-state index >= 15 is 0 Å². The molecule has 196 valence electrons. The number of fused-ring (bicyclic) bond motifs is 1. The summed E-state index contributed by atoms with van der Waals surface area (Å²) in [5.41, 5.74) is 2.74. The van der Waals surface area contributed by atoms with Gasteiger partial charge in [0.15, 0.2) is 10.8 Å². The van der Waals surface area contributed by atoms with Gasteiger partial charge in [0.1, 0.15) is 5.82 Å². The highest BCUT2D eigenvalue weighted by Gasteiger charge is 2.35. The van der Waals surface area contributed by atoms with Gasteiger partial charge in [0, 0.05) is 44.0 Å². The molecule has 10 nitrogen and oxygen atoms in total. The largest absolute Gasteiger partial charge is 0.378 e. The number of ether oxygens (including phenoxy) is 1. The summed E-state index contributed by atoms with van der Waals surface area (Å²) >= 11 is 1.64. The molecule has 2 aliphatic heterocycles. The lowest BCUT2D eigenvalue weighted by molar-refractivity contribution is -0.126. The Labute approximate surface area is 220 Å². The minimum absolute atomic E-state index is 0.0217. The summed E-state index contributed by atoms with van der Waals surface area (Å²) in [4.78, 5) is 39.0. The van der Waals surface area contributed by atoms with Crippen LogP contribution in [-0.4, -0.2) is 76.7 Å². The molecule has 1 aromatic carbocycles. The van der Waals surface area contributed by atoms with Crippen LogP contribution in [0.4, 0.5) is 11.5 Å². The Balaban J connectivity index is 1.25. The molecule has 4 heterocycles. The third-order valence-corrected chi connectivity index (χ3v) is 7.72. The lowest BCUT2D eigenvalue weighted by Crippen LogP contribution is -2.37. The van der Waals surface area contributed by atoms with Crippen LogP contribution in [0.5, 0.6) is 0 Å². The van der Waals surface area contributed by atoms with Crippen LogP contribution in [0, 0.1) is 12.8 Å². The van der Waals surface area contributed by atoms with Gasteiger partial charge in [0.05, 0.1) is 37.3 Å². The molecular formula is C26H33N7O3S. The maximum absolute atomic E-state index is 12.9. The second-order valence-electron chi connectivity index (χ2n) is 9.41. The van der Waals surface area contributed by atoms with Crippen LogP contribution in [-0.2, 0) is 20.9 Å². The molecule has 0 spiro atoms. The van der Waals surface area contributed by atoms with E-state index in [0.29, 0.717) is 32.8 Å². The van der Waals surface area contributed by atoms with E-state index in [0.717, 1.165) is 58.5 Å². The van der Waals surface area contributed by atoms with Crippen molar-refractivity contribution < 1.29 is 14.3 Å². The summed E-state index contributed by atoms with van der Waals surface area (Å²) in [5, 5.41) is 9.22. The number of morpholine rings is 1. The Morgan fingerprint density at radius 3 is 2.73 bits per heavy atom. The Bertz CT molecular complexity index is 1260. The predicted molar refractivity (Wildman–Crippen MR) is 144 cm³/mol. The molecule has 3 aromatic rings. The third-order valence-electron chi connectivity index (χ3n) is 6.67. The van der Waals surface area contributed by atoms with Crippen molar-refractivity contribution in [3.05, 3.63) is 36.0 Å². The molecule has 2 aromatic heterocycles. The van der Waals surface area contributed by atoms with Crippen molar-refractivity contribution in [2.75, 3.05) is 54.9 Å². The zero-order chi connectivity index (χ0) is 25.8. The second-order valence-corrected chi connectivity index (χ2v) is 10.5. The van der Waals surface area contributed by atoms with Gasteiger partial charge < -0.3 is 19.9 Å². The van der Waals surface area contributed by atoms with Crippen LogP contribution >= 0.6 is 11.8 Å². The SMILES string of the molecule is CCCSc1nc(N2CCOCC2)c2cnn(CCNC(=O)C3CC(=O)N(c4ccc(C)cc4)C3)c2n1. The van der Waals surface area contributed by atoms with Crippen LogP contribution in [0.15, 0.2) is 35.6 Å². The van der Waals surface area contributed by atoms with Gasteiger partial charge in [-0.15, -0.1) is 0 Å². The number of amides is 2. The first-order chi connectivity index (χ1) is 18.0. The summed E-state index contributed by atoms with van der Waals surface area (Å²) in [7, 11) is 0. The van der Waals surface area contributed by atoms with Gasteiger partial charge in [-0.2, -0.15) is 5.10 Å². The molecule has 2 saturated heterocycles. The van der Waals surface area contributed by atoms with Crippen LogP contribution in [0.25, 0.3) is 11.0 Å². The van der Waals surface area contributed by atoms with Crippen LogP contribution in [0.2, 0.25) is 0 Å². The number of anilines is 2. The number of benzene rings is 1. The van der Waals surface area contributed by atoms with Crippen molar-refractivity contribution in [1.29, 1.82) is 0 Å². The Morgan fingerprint density at radius 1 is 1.19 bits per heavy atom. The van der Waals surface area contributed by atoms with Gasteiger partial charge in [-0.25, -0.2) is 14.6 Å². The zero-order valence-corrected chi connectivity index (χ0v) is 22.2. The first-order valence-corrected chi connectivity index (χ1v) is 13.9. The Kier molecular flexibility index (Phi) is 7.90. The van der Waals surface area contributed by atoms with E-state index in [1.165, 1.54) is 0 Å². The first kappa shape index (κ1) is 25.5. The van der Waals surface area contributed by atoms with Crippen molar-refractivity contribution in [2.45, 2.75) is 38.4 Å². The number of carbonyl (C=O) groups excluding carboxylic acids is 2. The van der Waals surface area contributed by atoms with Gasteiger partial charge in [0.25, 0.3) is 0 Å². The van der Waals surface area contributed by atoms with E-state index in [2.05, 4.69) is 22.2 Å². The standard InChI is InChI=1S/C26H33N7O3S/c1-3-14-37-26-29-23(31-10-12-36-13-11-31)21-16-28-33(24(21)30-26)9-8-27-25(35)19-15-22(34)32(17-19)20-6-4-18(2)5-7-20/h4-7,16,19H,3,8-15,17H2,1-2H3,(H,27,35). The van der Waals surface area contributed by atoms with Gasteiger partial charge in [-0.3, -0.25) is 9.59 Å². The highest BCUT2D eigenvalue weighted by atomic mass is 32.2. The summed E-state index contributed by atoms with van der Waals surface area (Å²) in [6.45, 7) is 8.34. The average molecular weight is 524 g/mol. The Hall–Kier alpha value is -3.18. The fourth-order valence-electron chi connectivity index (χ4n) is 4.65. The van der Waals surface area contributed by atoms with E-state index in [4.69, 9.17) is 14.7 Å². The number of carbonyl (C=O) groups is 2. The topological polar surface area (TPSA) is 105 Å². The van der Waals surface area contributed by atoms with Gasteiger partial charge in [0.2, 0.25) is 11.8 Å². The molecule has 37 heavy (non-hydrogen) atoms. The van der Waals surface area contributed by atoms with Crippen molar-refractivity contribution in [2.24, 2.45) is 5.92 Å². The number of hydrogen-bond acceptors (Lipinski definition) is 8. The molecule has 2 aliphatic rings. The molecule has 1 unspecified atom stereocenters. The molecule has 0 radical (unpaired) electrons. The summed E-state index contributed by atoms with van der Waals surface area (Å²) < 4.78 is 7.35. The summed E-state index contributed by atoms with van der Waals surface area (Å²) in [6.07, 6.45) is 3.07. The maximum atomic E-state index is 12.9. The van der Waals surface area contributed by atoms with Crippen LogP contribution in [0.1, 0.15) is 25.3 Å². The monoisotopic (exact) mass is 523 g/mol. The van der Waals surface area contributed by atoms with Crippen molar-refractivity contribution in [3.63, 3.8) is 0 Å². The number of aromatic nitrogens is 4. The summed E-state index contributed by atoms with van der Waals surface area (Å²) in [6, 6.07) is 7.81. The van der Waals surface area contributed by atoms with Gasteiger partial charge >= 0.3 is 0 Å². The lowest BCUT2D eigenvalue weighted by Gasteiger charge is -2.28. The maximum Gasteiger partial charge on any atom is 0.227 e. The minimum atomic E-state index is -0.365. The normalized spacial score (nSPS) is 18.1. The Morgan fingerprint density at radius 2 is 1.97 bits per heavy atom. The number of aryl methyl sites for hydroxylation is 1. The number of nitrogens with zero attached hydrogens (tertiary/aromatic N) is 6. The third kappa shape index (κ3) is 5.72. The summed E-state index contributed by atoms with van der Waals surface area (Å²) in [5.74, 6) is 1.34. The molecule has 0 aliphatic carbocycles. The van der Waals surface area contributed by atoms with Gasteiger partial charge in [-0.1, -0.05) is 36.4 Å². The molecule has 5 rings (SSSR count). The smallest absolute Gasteiger partial charge is 0.227 e. The molecule has 0 saturated carbocycles. The number of hydrogen-bond donors (Lipinski definition) is 1. The zero-order valence-electron chi connectivity index (χ0n) is 21.4. The molecule has 0 bridgehead atoms. The number of thioether (sulfide) groups is 1. The first-order valence-electron chi connectivity index (χ1n) is 12.9. The molecule has 1 atom stereocenters. The number of nitrogens with one attached hydrogen (secondary N) is 1. The molecule has 1 N–H and O–H groups in total. The van der Waals surface area contributed by atoms with E-state index in [-0.39, 0.29) is 24.2 Å². The number of rotatable bonds is 9. The van der Waals surface area contributed by atoms with E-state index < -0.39 is 0 Å². The highest BCUT2D eigenvalue weighted by Crippen LogP contribution is 2.28. The second kappa shape index (κ2) is 11.5. The average Bonchev–Trinajstić information content (AvgIpc) is 3.51. The molecule has 2 amide bonds. The van der Waals surface area contributed by atoms with Crippen LogP contribution in [0.3, 0.4) is 0 Å². The minimum Gasteiger partial charge on any atom is -0.378 e. The van der Waals surface area contributed by atoms with Crippen molar-refractivity contribution in [1.82, 2.24) is 25.1 Å². The molecule has 2 fully saturated rings. The fraction of sp³-hybridized carbons (Fsp3) is 0.500. The van der Waals surface area contributed by atoms with Gasteiger partial charge in [-0.05, 0) is 25.5 Å².